The van der Waals surface area contributed by atoms with Crippen LogP contribution >= 0.6 is 0 Å². The smallest absolute Gasteiger partial charge is 0.357 e. The zero-order valence-corrected chi connectivity index (χ0v) is 10.5. The maximum atomic E-state index is 11.8. The molecule has 1 aromatic rings. The summed E-state index contributed by atoms with van der Waals surface area (Å²) >= 11 is 0. The Morgan fingerprint density at radius 1 is 1.53 bits per heavy atom. The molecule has 1 heterocycles. The van der Waals surface area contributed by atoms with E-state index >= 15 is 0 Å². The summed E-state index contributed by atoms with van der Waals surface area (Å²) < 4.78 is 5.05. The van der Waals surface area contributed by atoms with Crippen LogP contribution in [0.2, 0.25) is 0 Å². The molecule has 1 atom stereocenters. The molecule has 1 aliphatic rings. The van der Waals surface area contributed by atoms with E-state index in [1.54, 1.807) is 6.20 Å². The summed E-state index contributed by atoms with van der Waals surface area (Å²) in [6.07, 6.45) is 6.11. The first-order valence-corrected chi connectivity index (χ1v) is 6.40. The van der Waals surface area contributed by atoms with Gasteiger partial charge in [0.15, 0.2) is 5.69 Å². The molecule has 0 radical (unpaired) electrons. The third-order valence-corrected chi connectivity index (χ3v) is 3.51. The Bertz CT molecular complexity index is 415. The van der Waals surface area contributed by atoms with E-state index in [9.17, 15) is 4.79 Å². The summed E-state index contributed by atoms with van der Waals surface area (Å²) in [5.41, 5.74) is 2.91. The van der Waals surface area contributed by atoms with E-state index in [1.165, 1.54) is 12.0 Å². The van der Waals surface area contributed by atoms with Gasteiger partial charge in [-0.1, -0.05) is 13.3 Å². The van der Waals surface area contributed by atoms with Gasteiger partial charge < -0.3 is 4.74 Å². The van der Waals surface area contributed by atoms with Crippen molar-refractivity contribution in [3.63, 3.8) is 0 Å². The van der Waals surface area contributed by atoms with Crippen molar-refractivity contribution in [1.29, 1.82) is 0 Å². The van der Waals surface area contributed by atoms with Gasteiger partial charge in [-0.15, -0.1) is 0 Å². The summed E-state index contributed by atoms with van der Waals surface area (Å²) in [6.45, 7) is 4.45. The van der Waals surface area contributed by atoms with E-state index in [-0.39, 0.29) is 5.97 Å². The van der Waals surface area contributed by atoms with Gasteiger partial charge in [0.05, 0.1) is 6.61 Å². The summed E-state index contributed by atoms with van der Waals surface area (Å²) in [6, 6.07) is 2.04. The van der Waals surface area contributed by atoms with Crippen LogP contribution in [0.25, 0.3) is 0 Å². The van der Waals surface area contributed by atoms with Gasteiger partial charge in [0.25, 0.3) is 0 Å². The highest BCUT2D eigenvalue weighted by Crippen LogP contribution is 2.28. The predicted molar refractivity (Wildman–Crippen MR) is 66.0 cm³/mol. The first-order chi connectivity index (χ1) is 8.26. The number of ether oxygens (including phenoxy) is 1. The first kappa shape index (κ1) is 12.1. The Labute approximate surface area is 102 Å². The molecule has 3 heteroatoms. The fourth-order valence-corrected chi connectivity index (χ4v) is 2.49. The van der Waals surface area contributed by atoms with Crippen LogP contribution in [-0.2, 0) is 17.6 Å². The highest BCUT2D eigenvalue weighted by molar-refractivity contribution is 5.89. The van der Waals surface area contributed by atoms with Crippen molar-refractivity contribution >= 4 is 5.97 Å². The molecular weight excluding hydrogens is 214 g/mol. The highest BCUT2D eigenvalue weighted by atomic mass is 16.5. The standard InChI is InChI=1S/C14H19NO2/c1-3-10-5-6-12-11(9-10)7-8-15-13(12)14(16)17-4-2/h7-8,10H,3-6,9H2,1-2H3. The van der Waals surface area contributed by atoms with Crippen LogP contribution in [0.3, 0.4) is 0 Å². The maximum absolute atomic E-state index is 11.8. The fourth-order valence-electron chi connectivity index (χ4n) is 2.49. The zero-order valence-electron chi connectivity index (χ0n) is 10.5. The highest BCUT2D eigenvalue weighted by Gasteiger charge is 2.23. The Balaban J connectivity index is 2.28. The first-order valence-electron chi connectivity index (χ1n) is 6.40. The van der Waals surface area contributed by atoms with Crippen molar-refractivity contribution in [2.45, 2.75) is 39.5 Å². The lowest BCUT2D eigenvalue weighted by molar-refractivity contribution is 0.0517. The second-order valence-corrected chi connectivity index (χ2v) is 4.53. The third-order valence-electron chi connectivity index (χ3n) is 3.51. The zero-order chi connectivity index (χ0) is 12.3. The van der Waals surface area contributed by atoms with Gasteiger partial charge in [-0.2, -0.15) is 0 Å². The van der Waals surface area contributed by atoms with Crippen LogP contribution < -0.4 is 0 Å². The number of carbonyl (C=O) groups excluding carboxylic acids is 1. The molecule has 0 saturated heterocycles. The lowest BCUT2D eigenvalue weighted by Crippen LogP contribution is -2.19. The molecule has 0 N–H and O–H groups in total. The molecule has 1 aromatic heterocycles. The van der Waals surface area contributed by atoms with E-state index in [0.717, 1.165) is 30.7 Å². The summed E-state index contributed by atoms with van der Waals surface area (Å²) in [5.74, 6) is 0.472. The molecule has 0 aliphatic heterocycles. The molecule has 0 saturated carbocycles. The molecule has 0 aromatic carbocycles. The van der Waals surface area contributed by atoms with Crippen LogP contribution in [-0.4, -0.2) is 17.6 Å². The van der Waals surface area contributed by atoms with Gasteiger partial charge in [0.2, 0.25) is 0 Å². The lowest BCUT2D eigenvalue weighted by atomic mass is 9.82. The number of fused-ring (bicyclic) bond motifs is 1. The van der Waals surface area contributed by atoms with Gasteiger partial charge in [-0.3, -0.25) is 0 Å². The Hall–Kier alpha value is -1.38. The molecule has 2 rings (SSSR count). The van der Waals surface area contributed by atoms with Crippen molar-refractivity contribution in [3.8, 4) is 0 Å². The molecule has 1 unspecified atom stereocenters. The predicted octanol–water partition coefficient (Wildman–Crippen LogP) is 2.77. The van der Waals surface area contributed by atoms with Crippen LogP contribution in [0, 0.1) is 5.92 Å². The normalized spacial score (nSPS) is 18.6. The Morgan fingerprint density at radius 2 is 2.35 bits per heavy atom. The minimum absolute atomic E-state index is 0.278. The molecule has 0 fully saturated rings. The molecular formula is C14H19NO2. The van der Waals surface area contributed by atoms with Crippen molar-refractivity contribution in [1.82, 2.24) is 4.98 Å². The second-order valence-electron chi connectivity index (χ2n) is 4.53. The molecule has 0 bridgehead atoms. The van der Waals surface area contributed by atoms with Crippen LogP contribution in [0.1, 0.15) is 48.3 Å². The maximum Gasteiger partial charge on any atom is 0.357 e. The van der Waals surface area contributed by atoms with E-state index < -0.39 is 0 Å². The SMILES string of the molecule is CCOC(=O)c1nccc2c1CCC(CC)C2. The number of pyridine rings is 1. The van der Waals surface area contributed by atoms with Crippen molar-refractivity contribution in [3.05, 3.63) is 29.1 Å². The number of esters is 1. The van der Waals surface area contributed by atoms with Gasteiger partial charge in [0, 0.05) is 6.20 Å². The van der Waals surface area contributed by atoms with E-state index in [2.05, 4.69) is 11.9 Å². The molecule has 17 heavy (non-hydrogen) atoms. The van der Waals surface area contributed by atoms with Crippen molar-refractivity contribution in [2.75, 3.05) is 6.61 Å². The largest absolute Gasteiger partial charge is 0.461 e. The number of hydrogen-bond donors (Lipinski definition) is 0. The minimum atomic E-state index is -0.278. The number of hydrogen-bond acceptors (Lipinski definition) is 3. The van der Waals surface area contributed by atoms with Gasteiger partial charge in [-0.25, -0.2) is 9.78 Å². The summed E-state index contributed by atoms with van der Waals surface area (Å²) in [5, 5.41) is 0. The molecule has 1 aliphatic carbocycles. The van der Waals surface area contributed by atoms with E-state index in [0.29, 0.717) is 12.3 Å². The third kappa shape index (κ3) is 2.48. The van der Waals surface area contributed by atoms with Crippen molar-refractivity contribution < 1.29 is 9.53 Å². The summed E-state index contributed by atoms with van der Waals surface area (Å²) in [7, 11) is 0. The van der Waals surface area contributed by atoms with E-state index in [1.807, 2.05) is 13.0 Å². The molecule has 3 nitrogen and oxygen atoms in total. The lowest BCUT2D eigenvalue weighted by Gasteiger charge is -2.24. The monoisotopic (exact) mass is 233 g/mol. The number of rotatable bonds is 3. The summed E-state index contributed by atoms with van der Waals surface area (Å²) in [4.78, 5) is 16.0. The average molecular weight is 233 g/mol. The molecule has 0 amide bonds. The minimum Gasteiger partial charge on any atom is -0.461 e. The van der Waals surface area contributed by atoms with Gasteiger partial charge in [0.1, 0.15) is 0 Å². The van der Waals surface area contributed by atoms with E-state index in [4.69, 9.17) is 4.74 Å². The Morgan fingerprint density at radius 3 is 3.06 bits per heavy atom. The number of aromatic nitrogens is 1. The van der Waals surface area contributed by atoms with Crippen LogP contribution in [0.5, 0.6) is 0 Å². The number of nitrogens with zero attached hydrogens (tertiary/aromatic N) is 1. The second kappa shape index (κ2) is 5.30. The topological polar surface area (TPSA) is 39.2 Å². The average Bonchev–Trinajstić information content (AvgIpc) is 2.37. The quantitative estimate of drug-likeness (QED) is 0.753. The van der Waals surface area contributed by atoms with Gasteiger partial charge in [-0.05, 0) is 49.3 Å². The molecule has 0 spiro atoms. The molecule has 92 valence electrons. The van der Waals surface area contributed by atoms with Crippen molar-refractivity contribution in [2.24, 2.45) is 5.92 Å². The van der Waals surface area contributed by atoms with Crippen LogP contribution in [0.4, 0.5) is 0 Å². The van der Waals surface area contributed by atoms with Gasteiger partial charge >= 0.3 is 5.97 Å². The fraction of sp³-hybridized carbons (Fsp3) is 0.571. The number of carbonyl (C=O) groups is 1. The Kier molecular flexibility index (Phi) is 3.77. The van der Waals surface area contributed by atoms with Crippen LogP contribution in [0.15, 0.2) is 12.3 Å².